The molecular formula is C14H21N. The highest BCUT2D eigenvalue weighted by Crippen LogP contribution is 2.28. The summed E-state index contributed by atoms with van der Waals surface area (Å²) in [5.41, 5.74) is 6.02. The molecule has 1 N–H and O–H groups in total. The number of hydrogen-bond donors (Lipinski definition) is 1. The maximum Gasteiger partial charge on any atom is 0.00207 e. The molecule has 2 rings (SSSR count). The number of aryl methyl sites for hydroxylation is 2. The molecule has 1 aromatic rings. The van der Waals surface area contributed by atoms with Crippen molar-refractivity contribution in [3.05, 3.63) is 34.4 Å². The van der Waals surface area contributed by atoms with E-state index in [0.29, 0.717) is 0 Å². The van der Waals surface area contributed by atoms with Gasteiger partial charge in [0, 0.05) is 6.54 Å². The second-order valence-corrected chi connectivity index (χ2v) is 4.67. The van der Waals surface area contributed by atoms with Crippen molar-refractivity contribution in [3.8, 4) is 0 Å². The molecule has 1 aromatic carbocycles. The van der Waals surface area contributed by atoms with Gasteiger partial charge in [0.1, 0.15) is 0 Å². The van der Waals surface area contributed by atoms with Gasteiger partial charge < -0.3 is 5.32 Å². The van der Waals surface area contributed by atoms with Crippen molar-refractivity contribution >= 4 is 0 Å². The second kappa shape index (κ2) is 4.36. The molecule has 0 aromatic heterocycles. The Labute approximate surface area is 92.9 Å². The Kier molecular flexibility index (Phi) is 3.11. The first-order valence-electron chi connectivity index (χ1n) is 6.03. The van der Waals surface area contributed by atoms with E-state index >= 15 is 0 Å². The van der Waals surface area contributed by atoms with Gasteiger partial charge in [-0.15, -0.1) is 0 Å². The van der Waals surface area contributed by atoms with Gasteiger partial charge in [-0.1, -0.05) is 19.1 Å². The van der Waals surface area contributed by atoms with Crippen LogP contribution < -0.4 is 5.32 Å². The average Bonchev–Trinajstić information content (AvgIpc) is 2.75. The smallest absolute Gasteiger partial charge is 0.00207 e. The molecule has 1 aliphatic rings. The van der Waals surface area contributed by atoms with Crippen molar-refractivity contribution in [1.29, 1.82) is 0 Å². The fourth-order valence-electron chi connectivity index (χ4n) is 2.51. The van der Waals surface area contributed by atoms with E-state index in [1.54, 1.807) is 5.56 Å². The van der Waals surface area contributed by atoms with E-state index in [0.717, 1.165) is 18.9 Å². The third-order valence-electron chi connectivity index (χ3n) is 3.68. The number of nitrogens with one attached hydrogen (secondary N) is 1. The van der Waals surface area contributed by atoms with Crippen LogP contribution >= 0.6 is 0 Å². The lowest BCUT2D eigenvalue weighted by molar-refractivity contribution is 0.754. The van der Waals surface area contributed by atoms with Crippen molar-refractivity contribution in [3.63, 3.8) is 0 Å². The van der Waals surface area contributed by atoms with Crippen LogP contribution in [-0.4, -0.2) is 13.1 Å². The summed E-state index contributed by atoms with van der Waals surface area (Å²) in [5.74, 6) is 0.746. The quantitative estimate of drug-likeness (QED) is 0.779. The second-order valence-electron chi connectivity index (χ2n) is 4.67. The van der Waals surface area contributed by atoms with Crippen LogP contribution in [0.3, 0.4) is 0 Å². The summed E-state index contributed by atoms with van der Waals surface area (Å²) in [6, 6.07) is 4.75. The summed E-state index contributed by atoms with van der Waals surface area (Å²) in [4.78, 5) is 0. The van der Waals surface area contributed by atoms with Crippen LogP contribution in [0.15, 0.2) is 12.1 Å². The SMILES string of the molecule is CCc1cc(C)c(C)c(C2CCNC2)c1. The van der Waals surface area contributed by atoms with Gasteiger partial charge in [0.15, 0.2) is 0 Å². The highest BCUT2D eigenvalue weighted by molar-refractivity contribution is 5.40. The van der Waals surface area contributed by atoms with Gasteiger partial charge in [0.2, 0.25) is 0 Å². The number of hydrogen-bond acceptors (Lipinski definition) is 1. The standard InChI is InChI=1S/C14H21N/c1-4-12-7-10(2)11(3)14(8-12)13-5-6-15-9-13/h7-8,13,15H,4-6,9H2,1-3H3. The van der Waals surface area contributed by atoms with Gasteiger partial charge in [0.25, 0.3) is 0 Å². The molecule has 1 saturated heterocycles. The highest BCUT2D eigenvalue weighted by atomic mass is 14.9. The lowest BCUT2D eigenvalue weighted by Gasteiger charge is -2.16. The first-order chi connectivity index (χ1) is 7.22. The lowest BCUT2D eigenvalue weighted by atomic mass is 9.89. The summed E-state index contributed by atoms with van der Waals surface area (Å²) in [5, 5.41) is 3.45. The highest BCUT2D eigenvalue weighted by Gasteiger charge is 2.19. The summed E-state index contributed by atoms with van der Waals surface area (Å²) in [6.07, 6.45) is 2.45. The number of rotatable bonds is 2. The van der Waals surface area contributed by atoms with Crippen LogP contribution in [0.2, 0.25) is 0 Å². The Balaban J connectivity index is 2.39. The maximum atomic E-state index is 3.45. The monoisotopic (exact) mass is 203 g/mol. The molecule has 0 bridgehead atoms. The number of benzene rings is 1. The van der Waals surface area contributed by atoms with Crippen LogP contribution in [0, 0.1) is 13.8 Å². The zero-order chi connectivity index (χ0) is 10.8. The minimum absolute atomic E-state index is 0.746. The van der Waals surface area contributed by atoms with Crippen molar-refractivity contribution in [2.45, 2.75) is 39.5 Å². The van der Waals surface area contributed by atoms with Crippen molar-refractivity contribution in [2.75, 3.05) is 13.1 Å². The maximum absolute atomic E-state index is 3.45. The first-order valence-corrected chi connectivity index (χ1v) is 6.03. The van der Waals surface area contributed by atoms with Crippen LogP contribution in [0.5, 0.6) is 0 Å². The van der Waals surface area contributed by atoms with Gasteiger partial charge in [-0.05, 0) is 61.4 Å². The Morgan fingerprint density at radius 1 is 1.33 bits per heavy atom. The summed E-state index contributed by atoms with van der Waals surface area (Å²) >= 11 is 0. The molecule has 15 heavy (non-hydrogen) atoms. The minimum Gasteiger partial charge on any atom is -0.316 e. The molecule has 1 heterocycles. The predicted molar refractivity (Wildman–Crippen MR) is 65.5 cm³/mol. The van der Waals surface area contributed by atoms with Crippen LogP contribution in [0.4, 0.5) is 0 Å². The van der Waals surface area contributed by atoms with Gasteiger partial charge in [-0.2, -0.15) is 0 Å². The average molecular weight is 203 g/mol. The molecule has 0 saturated carbocycles. The fraction of sp³-hybridized carbons (Fsp3) is 0.571. The predicted octanol–water partition coefficient (Wildman–Crippen LogP) is 2.94. The normalized spacial score (nSPS) is 20.9. The fourth-order valence-corrected chi connectivity index (χ4v) is 2.51. The van der Waals surface area contributed by atoms with E-state index in [1.807, 2.05) is 0 Å². The van der Waals surface area contributed by atoms with E-state index in [2.05, 4.69) is 38.2 Å². The van der Waals surface area contributed by atoms with E-state index in [4.69, 9.17) is 0 Å². The van der Waals surface area contributed by atoms with Crippen molar-refractivity contribution in [1.82, 2.24) is 5.32 Å². The van der Waals surface area contributed by atoms with Crippen molar-refractivity contribution in [2.24, 2.45) is 0 Å². The minimum atomic E-state index is 0.746. The molecule has 1 heteroatoms. The van der Waals surface area contributed by atoms with Gasteiger partial charge in [-0.25, -0.2) is 0 Å². The topological polar surface area (TPSA) is 12.0 Å². The summed E-state index contributed by atoms with van der Waals surface area (Å²) < 4.78 is 0. The molecule has 82 valence electrons. The van der Waals surface area contributed by atoms with E-state index in [1.165, 1.54) is 29.7 Å². The van der Waals surface area contributed by atoms with Crippen LogP contribution in [0.1, 0.15) is 41.5 Å². The van der Waals surface area contributed by atoms with Crippen molar-refractivity contribution < 1.29 is 0 Å². The van der Waals surface area contributed by atoms with Crippen LogP contribution in [-0.2, 0) is 6.42 Å². The molecule has 1 unspecified atom stereocenters. The molecular weight excluding hydrogens is 182 g/mol. The Morgan fingerprint density at radius 2 is 2.13 bits per heavy atom. The van der Waals surface area contributed by atoms with E-state index in [9.17, 15) is 0 Å². The third kappa shape index (κ3) is 2.07. The first kappa shape index (κ1) is 10.7. The molecule has 0 aliphatic carbocycles. The van der Waals surface area contributed by atoms with Gasteiger partial charge in [0.05, 0.1) is 0 Å². The Hall–Kier alpha value is -0.820. The van der Waals surface area contributed by atoms with Crippen LogP contribution in [0.25, 0.3) is 0 Å². The molecule has 1 nitrogen and oxygen atoms in total. The van der Waals surface area contributed by atoms with E-state index < -0.39 is 0 Å². The Bertz CT molecular complexity index is 349. The zero-order valence-corrected chi connectivity index (χ0v) is 10.1. The molecule has 0 radical (unpaired) electrons. The van der Waals surface area contributed by atoms with E-state index in [-0.39, 0.29) is 0 Å². The molecule has 1 fully saturated rings. The lowest BCUT2D eigenvalue weighted by Crippen LogP contribution is -2.09. The molecule has 0 amide bonds. The summed E-state index contributed by atoms with van der Waals surface area (Å²) in [7, 11) is 0. The molecule has 0 spiro atoms. The van der Waals surface area contributed by atoms with Gasteiger partial charge >= 0.3 is 0 Å². The summed E-state index contributed by atoms with van der Waals surface area (Å²) in [6.45, 7) is 9.08. The largest absolute Gasteiger partial charge is 0.316 e. The molecule has 1 atom stereocenters. The van der Waals surface area contributed by atoms with Gasteiger partial charge in [-0.3, -0.25) is 0 Å². The zero-order valence-electron chi connectivity index (χ0n) is 10.1. The Morgan fingerprint density at radius 3 is 2.73 bits per heavy atom. The third-order valence-corrected chi connectivity index (χ3v) is 3.68. The molecule has 1 aliphatic heterocycles.